The molecule has 1 aromatic rings. The van der Waals surface area contributed by atoms with Crippen molar-refractivity contribution < 1.29 is 0 Å². The summed E-state index contributed by atoms with van der Waals surface area (Å²) >= 11 is 0. The van der Waals surface area contributed by atoms with Crippen LogP contribution in [0.1, 0.15) is 59.4 Å². The van der Waals surface area contributed by atoms with Crippen molar-refractivity contribution >= 4 is 0 Å². The van der Waals surface area contributed by atoms with Crippen molar-refractivity contribution in [3.05, 3.63) is 35.9 Å². The summed E-state index contributed by atoms with van der Waals surface area (Å²) in [6.07, 6.45) is 2.99. The van der Waals surface area contributed by atoms with Crippen molar-refractivity contribution in [2.45, 2.75) is 60.4 Å². The first-order valence-electron chi connectivity index (χ1n) is 8.35. The molecule has 1 fully saturated rings. The molecule has 118 valence electrons. The largest absolute Gasteiger partial charge is 0.299 e. The Labute approximate surface area is 131 Å². The summed E-state index contributed by atoms with van der Waals surface area (Å²) in [5, 5.41) is 8.82. The van der Waals surface area contributed by atoms with Gasteiger partial charge in [-0.1, -0.05) is 65.0 Å². The van der Waals surface area contributed by atoms with E-state index in [0.29, 0.717) is 6.42 Å². The number of nitrogens with zero attached hydrogens (tertiary/aromatic N) is 2. The Morgan fingerprint density at radius 3 is 2.05 bits per heavy atom. The van der Waals surface area contributed by atoms with E-state index in [1.165, 1.54) is 5.56 Å². The van der Waals surface area contributed by atoms with Crippen LogP contribution in [-0.2, 0) is 6.54 Å². The van der Waals surface area contributed by atoms with Gasteiger partial charge in [-0.15, -0.1) is 0 Å². The molecule has 1 saturated heterocycles. The fourth-order valence-corrected chi connectivity index (χ4v) is 2.46. The molecule has 1 aliphatic rings. The van der Waals surface area contributed by atoms with Crippen molar-refractivity contribution in [2.75, 3.05) is 13.1 Å². The van der Waals surface area contributed by atoms with Crippen LogP contribution in [0.25, 0.3) is 0 Å². The lowest BCUT2D eigenvalue weighted by Crippen LogP contribution is -2.38. The summed E-state index contributed by atoms with van der Waals surface area (Å²) in [5.74, 6) is 0. The van der Waals surface area contributed by atoms with E-state index < -0.39 is 0 Å². The molecule has 2 heteroatoms. The van der Waals surface area contributed by atoms with E-state index in [-0.39, 0.29) is 5.41 Å². The minimum Gasteiger partial charge on any atom is -0.299 e. The molecule has 2 rings (SSSR count). The first kappa shape index (κ1) is 19.7. The van der Waals surface area contributed by atoms with E-state index in [9.17, 15) is 0 Å². The zero-order valence-corrected chi connectivity index (χ0v) is 14.5. The molecule has 0 spiro atoms. The molecule has 1 heterocycles. The highest BCUT2D eigenvalue weighted by molar-refractivity contribution is 5.14. The highest BCUT2D eigenvalue weighted by atomic mass is 15.1. The Bertz CT molecular complexity index is 384. The van der Waals surface area contributed by atoms with Crippen molar-refractivity contribution in [1.29, 1.82) is 5.26 Å². The molecular formula is C19H32N2. The van der Waals surface area contributed by atoms with Gasteiger partial charge < -0.3 is 0 Å². The third-order valence-corrected chi connectivity index (χ3v) is 3.82. The molecule has 2 nitrogen and oxygen atoms in total. The lowest BCUT2D eigenvalue weighted by atomic mass is 9.78. The fraction of sp³-hybridized carbons (Fsp3) is 0.632. The molecule has 0 aliphatic carbocycles. The number of hydrogen-bond donors (Lipinski definition) is 0. The Hall–Kier alpha value is -1.33. The Kier molecular flexibility index (Phi) is 10.6. The van der Waals surface area contributed by atoms with Crippen molar-refractivity contribution in [3.63, 3.8) is 0 Å². The third-order valence-electron chi connectivity index (χ3n) is 3.82. The van der Waals surface area contributed by atoms with E-state index in [1.807, 2.05) is 27.7 Å². The summed E-state index contributed by atoms with van der Waals surface area (Å²) in [4.78, 5) is 2.49. The number of nitriles is 1. The highest BCUT2D eigenvalue weighted by Crippen LogP contribution is 2.34. The predicted octanol–water partition coefficient (Wildman–Crippen LogP) is 5.25. The number of piperidine rings is 1. The standard InChI is InChI=1S/C15H20N2.2C2H6/c1-15(7-10-16)8-11-17(12-9-15)13-14-5-3-2-4-6-14;2*1-2/h2-6H,7-9,11-13H2,1H3;2*1-2H3. The summed E-state index contributed by atoms with van der Waals surface area (Å²) in [7, 11) is 0. The molecule has 0 unspecified atom stereocenters. The summed E-state index contributed by atoms with van der Waals surface area (Å²) < 4.78 is 0. The number of rotatable bonds is 3. The lowest BCUT2D eigenvalue weighted by Gasteiger charge is -2.38. The molecule has 1 aliphatic heterocycles. The van der Waals surface area contributed by atoms with Gasteiger partial charge in [0.2, 0.25) is 0 Å². The SMILES string of the molecule is CC.CC.CC1(CC#N)CCN(Cc2ccccc2)CC1. The van der Waals surface area contributed by atoms with Gasteiger partial charge in [-0.3, -0.25) is 4.90 Å². The topological polar surface area (TPSA) is 27.0 Å². The van der Waals surface area contributed by atoms with Crippen LogP contribution in [0.2, 0.25) is 0 Å². The van der Waals surface area contributed by atoms with E-state index in [4.69, 9.17) is 5.26 Å². The van der Waals surface area contributed by atoms with Crippen LogP contribution in [0, 0.1) is 16.7 Å². The maximum Gasteiger partial charge on any atom is 0.0627 e. The van der Waals surface area contributed by atoms with E-state index in [0.717, 1.165) is 32.5 Å². The van der Waals surface area contributed by atoms with Crippen LogP contribution in [0.4, 0.5) is 0 Å². The fourth-order valence-electron chi connectivity index (χ4n) is 2.46. The molecule has 0 saturated carbocycles. The molecule has 0 bridgehead atoms. The average Bonchev–Trinajstić information content (AvgIpc) is 2.55. The average molecular weight is 288 g/mol. The molecule has 0 N–H and O–H groups in total. The van der Waals surface area contributed by atoms with E-state index in [2.05, 4.69) is 48.2 Å². The Morgan fingerprint density at radius 1 is 1.05 bits per heavy atom. The quantitative estimate of drug-likeness (QED) is 0.759. The minimum absolute atomic E-state index is 0.252. The second kappa shape index (κ2) is 11.3. The lowest BCUT2D eigenvalue weighted by molar-refractivity contribution is 0.116. The van der Waals surface area contributed by atoms with Crippen LogP contribution in [0.5, 0.6) is 0 Å². The van der Waals surface area contributed by atoms with Crippen molar-refractivity contribution in [1.82, 2.24) is 4.90 Å². The summed E-state index contributed by atoms with van der Waals surface area (Å²) in [6.45, 7) is 13.5. The number of likely N-dealkylation sites (tertiary alicyclic amines) is 1. The highest BCUT2D eigenvalue weighted by Gasteiger charge is 2.29. The molecule has 0 atom stereocenters. The van der Waals surface area contributed by atoms with Gasteiger partial charge in [0, 0.05) is 13.0 Å². The summed E-state index contributed by atoms with van der Waals surface area (Å²) in [5.41, 5.74) is 1.64. The zero-order valence-electron chi connectivity index (χ0n) is 14.5. The van der Waals surface area contributed by atoms with Crippen LogP contribution >= 0.6 is 0 Å². The first-order valence-corrected chi connectivity index (χ1v) is 8.35. The van der Waals surface area contributed by atoms with Gasteiger partial charge in [-0.05, 0) is 36.9 Å². The molecule has 0 amide bonds. The van der Waals surface area contributed by atoms with E-state index >= 15 is 0 Å². The predicted molar refractivity (Wildman–Crippen MR) is 92.0 cm³/mol. The van der Waals surface area contributed by atoms with Crippen molar-refractivity contribution in [2.24, 2.45) is 5.41 Å². The van der Waals surface area contributed by atoms with Gasteiger partial charge >= 0.3 is 0 Å². The monoisotopic (exact) mass is 288 g/mol. The zero-order chi connectivity index (χ0) is 16.1. The van der Waals surface area contributed by atoms with Gasteiger partial charge in [0.1, 0.15) is 0 Å². The normalized spacial score (nSPS) is 16.6. The maximum absolute atomic E-state index is 8.82. The smallest absolute Gasteiger partial charge is 0.0627 e. The van der Waals surface area contributed by atoms with Crippen molar-refractivity contribution in [3.8, 4) is 6.07 Å². The number of hydrogen-bond acceptors (Lipinski definition) is 2. The molecule has 0 radical (unpaired) electrons. The molecule has 1 aromatic carbocycles. The second-order valence-electron chi connectivity index (χ2n) is 5.41. The molecular weight excluding hydrogens is 256 g/mol. The van der Waals surface area contributed by atoms with Gasteiger partial charge in [0.15, 0.2) is 0 Å². The molecule has 0 aromatic heterocycles. The van der Waals surface area contributed by atoms with Crippen LogP contribution in [0.15, 0.2) is 30.3 Å². The van der Waals surface area contributed by atoms with Gasteiger partial charge in [0.05, 0.1) is 6.07 Å². The maximum atomic E-state index is 8.82. The van der Waals surface area contributed by atoms with Gasteiger partial charge in [-0.2, -0.15) is 5.26 Å². The van der Waals surface area contributed by atoms with Crippen LogP contribution < -0.4 is 0 Å². The van der Waals surface area contributed by atoms with E-state index in [1.54, 1.807) is 0 Å². The second-order valence-corrected chi connectivity index (χ2v) is 5.41. The number of benzene rings is 1. The summed E-state index contributed by atoms with van der Waals surface area (Å²) in [6, 6.07) is 12.9. The van der Waals surface area contributed by atoms with Gasteiger partial charge in [-0.25, -0.2) is 0 Å². The Morgan fingerprint density at radius 2 is 1.57 bits per heavy atom. The first-order chi connectivity index (χ1) is 10.2. The minimum atomic E-state index is 0.252. The van der Waals surface area contributed by atoms with Crippen LogP contribution in [-0.4, -0.2) is 18.0 Å². The van der Waals surface area contributed by atoms with Crippen LogP contribution in [0.3, 0.4) is 0 Å². The Balaban J connectivity index is 0.000000921. The third kappa shape index (κ3) is 7.29. The van der Waals surface area contributed by atoms with Gasteiger partial charge in [0.25, 0.3) is 0 Å². The molecule has 21 heavy (non-hydrogen) atoms.